The number of hydrogen-bond donors (Lipinski definition) is 0. The minimum atomic E-state index is -0.168. The Morgan fingerprint density at radius 3 is 2.29 bits per heavy atom. The number of fused-ring (bicyclic) bond motifs is 3. The van der Waals surface area contributed by atoms with E-state index < -0.39 is 0 Å². The topological polar surface area (TPSA) is 80.7 Å². The molecule has 1 aliphatic heterocycles. The van der Waals surface area contributed by atoms with E-state index in [-0.39, 0.29) is 23.3 Å². The van der Waals surface area contributed by atoms with Gasteiger partial charge in [0.25, 0.3) is 17.4 Å². The molecule has 0 aliphatic carbocycles. The van der Waals surface area contributed by atoms with Crippen LogP contribution in [0.2, 0.25) is 0 Å². The second-order valence-corrected chi connectivity index (χ2v) is 9.26. The van der Waals surface area contributed by atoms with Crippen LogP contribution in [0.1, 0.15) is 34.8 Å². The van der Waals surface area contributed by atoms with Crippen molar-refractivity contribution in [1.29, 1.82) is 0 Å². The summed E-state index contributed by atoms with van der Waals surface area (Å²) in [5, 5.41) is 1.59. The summed E-state index contributed by atoms with van der Waals surface area (Å²) in [5.74, 6) is 0.268. The highest BCUT2D eigenvalue weighted by atomic mass is 16.3. The molecular weight excluding hydrogens is 432 g/mol. The van der Waals surface area contributed by atoms with Crippen molar-refractivity contribution in [1.82, 2.24) is 18.9 Å². The van der Waals surface area contributed by atoms with Crippen LogP contribution in [0, 0.1) is 5.92 Å². The largest absolute Gasteiger partial charge is 0.459 e. The summed E-state index contributed by atoms with van der Waals surface area (Å²) in [4.78, 5) is 43.3. The molecule has 0 atom stereocenters. The van der Waals surface area contributed by atoms with Crippen molar-refractivity contribution in [2.75, 3.05) is 26.2 Å². The van der Waals surface area contributed by atoms with Crippen LogP contribution in [0.15, 0.2) is 58.1 Å². The van der Waals surface area contributed by atoms with Crippen LogP contribution >= 0.6 is 0 Å². The molecule has 1 aromatic carbocycles. The Morgan fingerprint density at radius 2 is 1.65 bits per heavy atom. The predicted molar refractivity (Wildman–Crippen MR) is 130 cm³/mol. The Hall–Kier alpha value is -3.81. The van der Waals surface area contributed by atoms with Crippen LogP contribution in [0.3, 0.4) is 0 Å². The van der Waals surface area contributed by atoms with Gasteiger partial charge in [0.15, 0.2) is 5.76 Å². The normalized spacial score (nSPS) is 14.5. The quantitative estimate of drug-likeness (QED) is 0.468. The number of carbonyl (C=O) groups is 2. The van der Waals surface area contributed by atoms with E-state index in [0.717, 1.165) is 10.9 Å². The van der Waals surface area contributed by atoms with Gasteiger partial charge in [-0.3, -0.25) is 14.4 Å². The van der Waals surface area contributed by atoms with Crippen molar-refractivity contribution >= 4 is 33.6 Å². The van der Waals surface area contributed by atoms with Gasteiger partial charge in [-0.15, -0.1) is 0 Å². The van der Waals surface area contributed by atoms with Gasteiger partial charge in [0.1, 0.15) is 5.52 Å². The van der Waals surface area contributed by atoms with Gasteiger partial charge in [0, 0.05) is 62.3 Å². The number of hydrogen-bond acceptors (Lipinski definition) is 4. The van der Waals surface area contributed by atoms with Crippen molar-refractivity contribution in [2.45, 2.75) is 20.4 Å². The van der Waals surface area contributed by atoms with Gasteiger partial charge < -0.3 is 23.4 Å². The maximum absolute atomic E-state index is 13.8. The number of aryl methyl sites for hydroxylation is 1. The van der Waals surface area contributed by atoms with Crippen LogP contribution < -0.4 is 5.56 Å². The monoisotopic (exact) mass is 460 g/mol. The number of carbonyl (C=O) groups excluding carboxylic acids is 2. The van der Waals surface area contributed by atoms with Crippen molar-refractivity contribution in [3.05, 3.63) is 70.5 Å². The standard InChI is InChI=1S/C26H28N4O4/c1-17(2)15-30-16-19(22-18-7-4-5-8-20(18)27(3)23(22)26(30)33)24(31)28-10-12-29(13-11-28)25(32)21-9-6-14-34-21/h4-9,14,16-17H,10-13,15H2,1-3H3. The molecular formula is C26H28N4O4. The number of piperazine rings is 1. The van der Waals surface area contributed by atoms with Gasteiger partial charge in [0.2, 0.25) is 0 Å². The van der Waals surface area contributed by atoms with Gasteiger partial charge in [0.05, 0.1) is 11.8 Å². The average Bonchev–Trinajstić information content (AvgIpc) is 3.48. The Morgan fingerprint density at radius 1 is 0.971 bits per heavy atom. The van der Waals surface area contributed by atoms with Crippen molar-refractivity contribution in [3.8, 4) is 0 Å². The van der Waals surface area contributed by atoms with Gasteiger partial charge in [-0.1, -0.05) is 32.0 Å². The second kappa shape index (κ2) is 8.52. The van der Waals surface area contributed by atoms with E-state index >= 15 is 0 Å². The molecule has 0 saturated carbocycles. The number of para-hydroxylation sites is 1. The van der Waals surface area contributed by atoms with Crippen molar-refractivity contribution in [2.24, 2.45) is 13.0 Å². The van der Waals surface area contributed by atoms with Crippen molar-refractivity contribution < 1.29 is 14.0 Å². The molecule has 176 valence electrons. The van der Waals surface area contributed by atoms with Crippen molar-refractivity contribution in [3.63, 3.8) is 0 Å². The zero-order valence-corrected chi connectivity index (χ0v) is 19.7. The number of benzene rings is 1. The molecule has 4 aromatic rings. The molecule has 0 spiro atoms. The minimum Gasteiger partial charge on any atom is -0.459 e. The molecule has 8 heteroatoms. The number of pyridine rings is 1. The van der Waals surface area contributed by atoms with E-state index in [2.05, 4.69) is 13.8 Å². The van der Waals surface area contributed by atoms with E-state index in [4.69, 9.17) is 4.42 Å². The van der Waals surface area contributed by atoms with Crippen LogP contribution in [-0.2, 0) is 13.6 Å². The first-order valence-electron chi connectivity index (χ1n) is 11.6. The fraction of sp³-hybridized carbons (Fsp3) is 0.346. The number of rotatable bonds is 4. The lowest BCUT2D eigenvalue weighted by Crippen LogP contribution is -2.50. The van der Waals surface area contributed by atoms with E-state index in [0.29, 0.717) is 55.0 Å². The first-order chi connectivity index (χ1) is 16.4. The zero-order valence-electron chi connectivity index (χ0n) is 19.7. The van der Waals surface area contributed by atoms with Crippen LogP contribution in [0.25, 0.3) is 21.8 Å². The lowest BCUT2D eigenvalue weighted by atomic mass is 10.1. The van der Waals surface area contributed by atoms with E-state index in [1.54, 1.807) is 32.7 Å². The fourth-order valence-electron chi connectivity index (χ4n) is 4.86. The maximum Gasteiger partial charge on any atom is 0.289 e. The Bertz CT molecular complexity index is 1440. The molecule has 0 radical (unpaired) electrons. The third-order valence-electron chi connectivity index (χ3n) is 6.50. The second-order valence-electron chi connectivity index (χ2n) is 9.26. The highest BCUT2D eigenvalue weighted by Gasteiger charge is 2.29. The molecule has 0 unspecified atom stereocenters. The molecule has 0 N–H and O–H groups in total. The van der Waals surface area contributed by atoms with Gasteiger partial charge in [-0.25, -0.2) is 0 Å². The first-order valence-corrected chi connectivity index (χ1v) is 11.6. The van der Waals surface area contributed by atoms with Crippen LogP contribution in [0.5, 0.6) is 0 Å². The highest BCUT2D eigenvalue weighted by molar-refractivity contribution is 6.17. The molecule has 5 rings (SSSR count). The Balaban J connectivity index is 1.53. The molecule has 8 nitrogen and oxygen atoms in total. The molecule has 1 saturated heterocycles. The summed E-state index contributed by atoms with van der Waals surface area (Å²) in [6.45, 7) is 6.32. The predicted octanol–water partition coefficient (Wildman–Crippen LogP) is 3.34. The summed E-state index contributed by atoms with van der Waals surface area (Å²) in [5.41, 5.74) is 1.89. The summed E-state index contributed by atoms with van der Waals surface area (Å²) in [7, 11) is 1.87. The summed E-state index contributed by atoms with van der Waals surface area (Å²) >= 11 is 0. The molecule has 4 heterocycles. The summed E-state index contributed by atoms with van der Waals surface area (Å²) in [6.07, 6.45) is 3.20. The smallest absolute Gasteiger partial charge is 0.289 e. The number of aromatic nitrogens is 2. The van der Waals surface area contributed by atoms with Crippen LogP contribution in [0.4, 0.5) is 0 Å². The average molecular weight is 461 g/mol. The first kappa shape index (κ1) is 22.0. The SMILES string of the molecule is CC(C)Cn1cc(C(=O)N2CCN(C(=O)c3ccco3)CC2)c2c3ccccc3n(C)c2c1=O. The van der Waals surface area contributed by atoms with Gasteiger partial charge >= 0.3 is 0 Å². The third-order valence-corrected chi connectivity index (χ3v) is 6.50. The highest BCUT2D eigenvalue weighted by Crippen LogP contribution is 2.30. The zero-order chi connectivity index (χ0) is 24.0. The Labute approximate surface area is 197 Å². The third kappa shape index (κ3) is 3.59. The lowest BCUT2D eigenvalue weighted by Gasteiger charge is -2.34. The van der Waals surface area contributed by atoms with Gasteiger partial charge in [-0.2, -0.15) is 0 Å². The molecule has 1 aliphatic rings. The summed E-state index contributed by atoms with van der Waals surface area (Å²) < 4.78 is 8.79. The summed E-state index contributed by atoms with van der Waals surface area (Å²) in [6, 6.07) is 11.1. The van der Waals surface area contributed by atoms with Crippen LogP contribution in [-0.4, -0.2) is 56.9 Å². The van der Waals surface area contributed by atoms with E-state index in [9.17, 15) is 14.4 Å². The minimum absolute atomic E-state index is 0.0900. The molecule has 3 aromatic heterocycles. The number of amides is 2. The Kier molecular flexibility index (Phi) is 5.51. The molecule has 2 amide bonds. The van der Waals surface area contributed by atoms with E-state index in [1.807, 2.05) is 35.9 Å². The molecule has 0 bridgehead atoms. The van der Waals surface area contributed by atoms with Gasteiger partial charge in [-0.05, 0) is 24.1 Å². The molecule has 1 fully saturated rings. The number of nitrogens with zero attached hydrogens (tertiary/aromatic N) is 4. The molecule has 34 heavy (non-hydrogen) atoms. The fourth-order valence-corrected chi connectivity index (χ4v) is 4.86. The maximum atomic E-state index is 13.8. The number of furan rings is 1. The van der Waals surface area contributed by atoms with E-state index in [1.165, 1.54) is 6.26 Å². The lowest BCUT2D eigenvalue weighted by molar-refractivity contribution is 0.0518.